The molecule has 21 heavy (non-hydrogen) atoms. The summed E-state index contributed by atoms with van der Waals surface area (Å²) in [4.78, 5) is 11.9. The van der Waals surface area contributed by atoms with Gasteiger partial charge in [0.05, 0.1) is 7.11 Å². The van der Waals surface area contributed by atoms with Crippen LogP contribution >= 0.6 is 0 Å². The summed E-state index contributed by atoms with van der Waals surface area (Å²) in [5.41, 5.74) is 6.83. The summed E-state index contributed by atoms with van der Waals surface area (Å²) in [6.45, 7) is 0.0683. The van der Waals surface area contributed by atoms with Crippen LogP contribution in [0.1, 0.15) is 5.56 Å². The Bertz CT molecular complexity index is 647. The average molecular weight is 289 g/mol. The predicted molar refractivity (Wildman–Crippen MR) is 79.9 cm³/mol. The monoisotopic (exact) mass is 289 g/mol. The second-order valence-corrected chi connectivity index (χ2v) is 4.32. The molecule has 0 saturated carbocycles. The number of methoxy groups -OCH3 is 1. The first-order valence-electron chi connectivity index (χ1n) is 6.33. The minimum Gasteiger partial charge on any atom is -0.497 e. The maximum absolute atomic E-state index is 13.3. The fraction of sp³-hybridized carbons (Fsp3) is 0.133. The van der Waals surface area contributed by atoms with Gasteiger partial charge in [-0.15, -0.1) is 0 Å². The van der Waals surface area contributed by atoms with Gasteiger partial charge in [-0.25, -0.2) is 9.18 Å². The normalized spacial score (nSPS) is 10.0. The number of carbonyl (C=O) groups excluding carboxylic acids is 1. The minimum atomic E-state index is -0.433. The zero-order valence-electron chi connectivity index (χ0n) is 11.5. The van der Waals surface area contributed by atoms with Crippen LogP contribution < -0.4 is 21.1 Å². The molecule has 110 valence electrons. The van der Waals surface area contributed by atoms with Crippen LogP contribution in [0.3, 0.4) is 0 Å². The van der Waals surface area contributed by atoms with E-state index in [1.165, 1.54) is 18.2 Å². The Morgan fingerprint density at radius 3 is 2.57 bits per heavy atom. The lowest BCUT2D eigenvalue weighted by molar-refractivity contribution is 0.262. The van der Waals surface area contributed by atoms with E-state index in [0.29, 0.717) is 22.7 Å². The molecule has 6 heteroatoms. The van der Waals surface area contributed by atoms with Gasteiger partial charge < -0.3 is 21.1 Å². The molecular formula is C15H16FN3O2. The topological polar surface area (TPSA) is 76.4 Å². The van der Waals surface area contributed by atoms with E-state index >= 15 is 0 Å². The smallest absolute Gasteiger partial charge is 0.323 e. The molecule has 0 aliphatic heterocycles. The number of carbonyl (C=O) groups is 1. The number of amides is 2. The molecule has 0 bridgehead atoms. The Morgan fingerprint density at radius 1 is 1.19 bits per heavy atom. The molecule has 2 aromatic rings. The number of benzene rings is 2. The molecule has 5 nitrogen and oxygen atoms in total. The van der Waals surface area contributed by atoms with Gasteiger partial charge in [0.1, 0.15) is 11.6 Å². The standard InChI is InChI=1S/C15H16FN3O2/c1-21-13-4-2-3-11(8-13)18-15(20)19-12-5-6-14(16)10(7-12)9-17/h2-8H,9,17H2,1H3,(H2,18,19,20). The molecule has 0 saturated heterocycles. The number of nitrogens with one attached hydrogen (secondary N) is 2. The zero-order valence-corrected chi connectivity index (χ0v) is 11.5. The van der Waals surface area contributed by atoms with Gasteiger partial charge in [-0.1, -0.05) is 6.07 Å². The molecule has 0 aliphatic carbocycles. The third-order valence-corrected chi connectivity index (χ3v) is 2.85. The molecule has 2 rings (SSSR count). The Labute approximate surface area is 121 Å². The Balaban J connectivity index is 2.04. The first-order chi connectivity index (χ1) is 10.1. The van der Waals surface area contributed by atoms with Gasteiger partial charge in [0.25, 0.3) is 0 Å². The number of ether oxygens (including phenoxy) is 1. The molecule has 0 unspecified atom stereocenters. The summed E-state index contributed by atoms with van der Waals surface area (Å²) >= 11 is 0. The number of hydrogen-bond donors (Lipinski definition) is 3. The van der Waals surface area contributed by atoms with E-state index in [1.807, 2.05) is 0 Å². The second-order valence-electron chi connectivity index (χ2n) is 4.32. The Hall–Kier alpha value is -2.60. The van der Waals surface area contributed by atoms with E-state index < -0.39 is 11.8 Å². The lowest BCUT2D eigenvalue weighted by Crippen LogP contribution is -2.19. The number of halogens is 1. The first kappa shape index (κ1) is 14.8. The number of anilines is 2. The highest BCUT2D eigenvalue weighted by Gasteiger charge is 2.06. The lowest BCUT2D eigenvalue weighted by atomic mass is 10.2. The van der Waals surface area contributed by atoms with Gasteiger partial charge in [0.15, 0.2) is 0 Å². The van der Waals surface area contributed by atoms with Crippen molar-refractivity contribution in [3.8, 4) is 5.75 Å². The Morgan fingerprint density at radius 2 is 1.90 bits per heavy atom. The Kier molecular flexibility index (Phi) is 4.73. The molecule has 0 spiro atoms. The van der Waals surface area contributed by atoms with Crippen LogP contribution in [0.25, 0.3) is 0 Å². The predicted octanol–water partition coefficient (Wildman–Crippen LogP) is 2.94. The van der Waals surface area contributed by atoms with E-state index in [4.69, 9.17) is 10.5 Å². The van der Waals surface area contributed by atoms with Crippen molar-refractivity contribution in [1.29, 1.82) is 0 Å². The zero-order chi connectivity index (χ0) is 15.2. The van der Waals surface area contributed by atoms with E-state index in [2.05, 4.69) is 10.6 Å². The van der Waals surface area contributed by atoms with Crippen LogP contribution in [0, 0.1) is 5.82 Å². The van der Waals surface area contributed by atoms with Crippen LogP contribution in [0.15, 0.2) is 42.5 Å². The van der Waals surface area contributed by atoms with Gasteiger partial charge in [0.2, 0.25) is 0 Å². The average Bonchev–Trinajstić information content (AvgIpc) is 2.49. The van der Waals surface area contributed by atoms with Crippen LogP contribution in [0.2, 0.25) is 0 Å². The maximum Gasteiger partial charge on any atom is 0.323 e. The first-order valence-corrected chi connectivity index (χ1v) is 6.33. The van der Waals surface area contributed by atoms with Gasteiger partial charge in [-0.05, 0) is 30.3 Å². The van der Waals surface area contributed by atoms with Crippen molar-refractivity contribution in [3.05, 3.63) is 53.8 Å². The van der Waals surface area contributed by atoms with Crippen molar-refractivity contribution in [2.45, 2.75) is 6.54 Å². The number of nitrogens with two attached hydrogens (primary N) is 1. The molecule has 0 radical (unpaired) electrons. The van der Waals surface area contributed by atoms with E-state index in [0.717, 1.165) is 0 Å². The molecule has 2 aromatic carbocycles. The SMILES string of the molecule is COc1cccc(NC(=O)Nc2ccc(F)c(CN)c2)c1. The quantitative estimate of drug-likeness (QED) is 0.810. The van der Waals surface area contributed by atoms with Crippen LogP contribution in [-0.2, 0) is 6.54 Å². The van der Waals surface area contributed by atoms with Crippen LogP contribution in [-0.4, -0.2) is 13.1 Å². The summed E-state index contributed by atoms with van der Waals surface area (Å²) in [7, 11) is 1.55. The second kappa shape index (κ2) is 6.71. The highest BCUT2D eigenvalue weighted by Crippen LogP contribution is 2.18. The third kappa shape index (κ3) is 3.93. The molecular weight excluding hydrogens is 273 g/mol. The van der Waals surface area contributed by atoms with Crippen molar-refractivity contribution in [1.82, 2.24) is 0 Å². The molecule has 2 amide bonds. The van der Waals surface area contributed by atoms with E-state index in [1.54, 1.807) is 31.4 Å². The fourth-order valence-electron chi connectivity index (χ4n) is 1.80. The molecule has 0 aliphatic rings. The van der Waals surface area contributed by atoms with Crippen molar-refractivity contribution in [2.24, 2.45) is 5.73 Å². The van der Waals surface area contributed by atoms with E-state index in [-0.39, 0.29) is 6.54 Å². The fourth-order valence-corrected chi connectivity index (χ4v) is 1.80. The van der Waals surface area contributed by atoms with E-state index in [9.17, 15) is 9.18 Å². The van der Waals surface area contributed by atoms with Gasteiger partial charge >= 0.3 is 6.03 Å². The third-order valence-electron chi connectivity index (χ3n) is 2.85. The van der Waals surface area contributed by atoms with Gasteiger partial charge in [-0.2, -0.15) is 0 Å². The van der Waals surface area contributed by atoms with Crippen LogP contribution in [0.5, 0.6) is 5.75 Å². The van der Waals surface area contributed by atoms with Gasteiger partial charge in [0, 0.05) is 29.5 Å². The number of hydrogen-bond acceptors (Lipinski definition) is 3. The molecule has 4 N–H and O–H groups in total. The highest BCUT2D eigenvalue weighted by molar-refractivity contribution is 5.99. The minimum absolute atomic E-state index is 0.0683. The summed E-state index contributed by atoms with van der Waals surface area (Å²) in [6, 6.07) is 10.8. The summed E-state index contributed by atoms with van der Waals surface area (Å²) in [6.07, 6.45) is 0. The highest BCUT2D eigenvalue weighted by atomic mass is 19.1. The van der Waals surface area contributed by atoms with Gasteiger partial charge in [-0.3, -0.25) is 0 Å². The van der Waals surface area contributed by atoms with Crippen LogP contribution in [0.4, 0.5) is 20.6 Å². The van der Waals surface area contributed by atoms with Crippen molar-refractivity contribution < 1.29 is 13.9 Å². The molecule has 0 aromatic heterocycles. The summed E-state index contributed by atoms with van der Waals surface area (Å²) < 4.78 is 18.4. The van der Waals surface area contributed by atoms with Crippen molar-refractivity contribution in [2.75, 3.05) is 17.7 Å². The molecule has 0 atom stereocenters. The largest absolute Gasteiger partial charge is 0.497 e. The number of rotatable bonds is 4. The summed E-state index contributed by atoms with van der Waals surface area (Å²) in [5, 5.41) is 5.28. The van der Waals surface area contributed by atoms with Crippen molar-refractivity contribution >= 4 is 17.4 Å². The molecule has 0 heterocycles. The maximum atomic E-state index is 13.3. The summed E-state index contributed by atoms with van der Waals surface area (Å²) in [5.74, 6) is 0.247. The molecule has 0 fully saturated rings. The van der Waals surface area contributed by atoms with Crippen molar-refractivity contribution in [3.63, 3.8) is 0 Å². The number of urea groups is 1. The lowest BCUT2D eigenvalue weighted by Gasteiger charge is -2.10.